The van der Waals surface area contributed by atoms with E-state index in [1.54, 1.807) is 0 Å². The van der Waals surface area contributed by atoms with Crippen LogP contribution in [0.1, 0.15) is 18.1 Å². The molecular formula is C21H24N4O2S. The molecule has 1 N–H and O–H groups in total. The number of hydrogen-bond acceptors (Lipinski definition) is 5. The smallest absolute Gasteiger partial charge is 0.234 e. The van der Waals surface area contributed by atoms with Crippen LogP contribution in [0.4, 0.5) is 5.69 Å². The van der Waals surface area contributed by atoms with Gasteiger partial charge in [0.25, 0.3) is 0 Å². The predicted octanol–water partition coefficient (Wildman–Crippen LogP) is 4.23. The zero-order valence-corrected chi connectivity index (χ0v) is 17.3. The van der Waals surface area contributed by atoms with Crippen molar-refractivity contribution in [2.45, 2.75) is 25.9 Å². The van der Waals surface area contributed by atoms with Gasteiger partial charge in [-0.2, -0.15) is 0 Å². The summed E-state index contributed by atoms with van der Waals surface area (Å²) in [7, 11) is 1.89. The summed E-state index contributed by atoms with van der Waals surface area (Å²) in [5.41, 5.74) is 4.03. The molecule has 2 aromatic carbocycles. The molecule has 0 aliphatic heterocycles. The Morgan fingerprint density at radius 1 is 1.14 bits per heavy atom. The Hall–Kier alpha value is -2.80. The second kappa shape index (κ2) is 8.93. The highest BCUT2D eigenvalue weighted by molar-refractivity contribution is 7.99. The number of thioether (sulfide) groups is 1. The number of carbonyl (C=O) groups is 1. The fourth-order valence-corrected chi connectivity index (χ4v) is 3.47. The maximum absolute atomic E-state index is 12.3. The standard InChI is InChI=1S/C21H24N4O2S/c1-5-27-18-9-7-6-8-17(18)20-23-24-21(25(20)4)28-13-19(26)22-16-11-10-14(2)15(3)12-16/h6-12H,5,13H2,1-4H3,(H,22,26). The summed E-state index contributed by atoms with van der Waals surface area (Å²) in [6, 6.07) is 13.6. The summed E-state index contributed by atoms with van der Waals surface area (Å²) in [6.45, 7) is 6.60. The van der Waals surface area contributed by atoms with E-state index in [-0.39, 0.29) is 11.7 Å². The molecule has 0 fully saturated rings. The topological polar surface area (TPSA) is 69.0 Å². The number of benzene rings is 2. The van der Waals surface area contributed by atoms with Gasteiger partial charge in [0.2, 0.25) is 5.91 Å². The highest BCUT2D eigenvalue weighted by atomic mass is 32.2. The van der Waals surface area contributed by atoms with Crippen molar-refractivity contribution in [2.24, 2.45) is 7.05 Å². The van der Waals surface area contributed by atoms with Crippen LogP contribution in [0.5, 0.6) is 5.75 Å². The normalized spacial score (nSPS) is 10.7. The van der Waals surface area contributed by atoms with E-state index >= 15 is 0 Å². The second-order valence-electron chi connectivity index (χ2n) is 6.43. The maximum atomic E-state index is 12.3. The van der Waals surface area contributed by atoms with Crippen molar-refractivity contribution in [3.8, 4) is 17.1 Å². The predicted molar refractivity (Wildman–Crippen MR) is 113 cm³/mol. The van der Waals surface area contributed by atoms with Crippen molar-refractivity contribution in [1.82, 2.24) is 14.8 Å². The maximum Gasteiger partial charge on any atom is 0.234 e. The first-order valence-electron chi connectivity index (χ1n) is 9.11. The Morgan fingerprint density at radius 3 is 2.68 bits per heavy atom. The molecule has 6 nitrogen and oxygen atoms in total. The molecule has 146 valence electrons. The molecule has 1 heterocycles. The van der Waals surface area contributed by atoms with Gasteiger partial charge in [-0.3, -0.25) is 4.79 Å². The van der Waals surface area contributed by atoms with Gasteiger partial charge in [-0.1, -0.05) is 30.0 Å². The van der Waals surface area contributed by atoms with Gasteiger partial charge in [0.05, 0.1) is 17.9 Å². The van der Waals surface area contributed by atoms with Gasteiger partial charge >= 0.3 is 0 Å². The average molecular weight is 397 g/mol. The molecule has 1 aromatic heterocycles. The van der Waals surface area contributed by atoms with Gasteiger partial charge < -0.3 is 14.6 Å². The third kappa shape index (κ3) is 4.54. The Bertz CT molecular complexity index is 984. The number of rotatable bonds is 7. The van der Waals surface area contributed by atoms with Crippen LogP contribution in [-0.2, 0) is 11.8 Å². The molecule has 0 saturated heterocycles. The molecule has 3 aromatic rings. The van der Waals surface area contributed by atoms with E-state index in [2.05, 4.69) is 15.5 Å². The van der Waals surface area contributed by atoms with E-state index in [4.69, 9.17) is 4.74 Å². The first-order chi connectivity index (χ1) is 13.5. The monoisotopic (exact) mass is 396 g/mol. The molecule has 1 amide bonds. The number of nitrogens with one attached hydrogen (secondary N) is 1. The number of ether oxygens (including phenoxy) is 1. The molecular weight excluding hydrogens is 372 g/mol. The molecule has 0 aliphatic carbocycles. The minimum atomic E-state index is -0.0764. The van der Waals surface area contributed by atoms with E-state index in [9.17, 15) is 4.79 Å². The Labute approximate surface area is 169 Å². The van der Waals surface area contributed by atoms with Gasteiger partial charge in [0, 0.05) is 12.7 Å². The first-order valence-corrected chi connectivity index (χ1v) is 10.1. The van der Waals surface area contributed by atoms with E-state index in [0.717, 1.165) is 22.6 Å². The van der Waals surface area contributed by atoms with Crippen LogP contribution in [-0.4, -0.2) is 33.0 Å². The number of anilines is 1. The SMILES string of the molecule is CCOc1ccccc1-c1nnc(SCC(=O)Nc2ccc(C)c(C)c2)n1C. The van der Waals surface area contributed by atoms with Crippen molar-refractivity contribution in [2.75, 3.05) is 17.7 Å². The quantitative estimate of drug-likeness (QED) is 0.605. The number of aromatic nitrogens is 3. The molecule has 0 bridgehead atoms. The van der Waals surface area contributed by atoms with Crippen LogP contribution < -0.4 is 10.1 Å². The number of carbonyl (C=O) groups excluding carboxylic acids is 1. The minimum Gasteiger partial charge on any atom is -0.493 e. The summed E-state index contributed by atoms with van der Waals surface area (Å²) in [4.78, 5) is 12.3. The molecule has 0 spiro atoms. The molecule has 3 rings (SSSR count). The third-order valence-electron chi connectivity index (χ3n) is 4.39. The molecule has 0 atom stereocenters. The summed E-state index contributed by atoms with van der Waals surface area (Å²) >= 11 is 1.35. The molecule has 0 unspecified atom stereocenters. The number of aryl methyl sites for hydroxylation is 2. The Kier molecular flexibility index (Phi) is 6.36. The van der Waals surface area contributed by atoms with E-state index < -0.39 is 0 Å². The summed E-state index contributed by atoms with van der Waals surface area (Å²) in [6.07, 6.45) is 0. The van der Waals surface area contributed by atoms with Crippen molar-refractivity contribution in [1.29, 1.82) is 0 Å². The highest BCUT2D eigenvalue weighted by Crippen LogP contribution is 2.30. The third-order valence-corrected chi connectivity index (χ3v) is 5.41. The lowest BCUT2D eigenvalue weighted by atomic mass is 10.1. The fourth-order valence-electron chi connectivity index (χ4n) is 2.75. The molecule has 28 heavy (non-hydrogen) atoms. The zero-order chi connectivity index (χ0) is 20.1. The van der Waals surface area contributed by atoms with E-state index in [0.29, 0.717) is 17.6 Å². The van der Waals surface area contributed by atoms with Gasteiger partial charge in [-0.25, -0.2) is 0 Å². The van der Waals surface area contributed by atoms with Gasteiger partial charge in [-0.15, -0.1) is 10.2 Å². The van der Waals surface area contributed by atoms with Gasteiger partial charge in [0.15, 0.2) is 11.0 Å². The van der Waals surface area contributed by atoms with E-state index in [1.807, 2.05) is 74.9 Å². The number of hydrogen-bond donors (Lipinski definition) is 1. The van der Waals surface area contributed by atoms with Crippen LogP contribution in [0.15, 0.2) is 47.6 Å². The number of amides is 1. The number of nitrogens with zero attached hydrogens (tertiary/aromatic N) is 3. The fraction of sp³-hybridized carbons (Fsp3) is 0.286. The van der Waals surface area contributed by atoms with Gasteiger partial charge in [0.1, 0.15) is 5.75 Å². The van der Waals surface area contributed by atoms with Crippen molar-refractivity contribution in [3.05, 3.63) is 53.6 Å². The lowest BCUT2D eigenvalue weighted by molar-refractivity contribution is -0.113. The Morgan fingerprint density at radius 2 is 1.93 bits per heavy atom. The largest absolute Gasteiger partial charge is 0.493 e. The molecule has 0 saturated carbocycles. The van der Waals surface area contributed by atoms with Gasteiger partial charge in [-0.05, 0) is 56.2 Å². The van der Waals surface area contributed by atoms with Crippen LogP contribution >= 0.6 is 11.8 Å². The Balaban J connectivity index is 1.68. The summed E-state index contributed by atoms with van der Waals surface area (Å²) in [5, 5.41) is 12.1. The van der Waals surface area contributed by atoms with Crippen LogP contribution in [0.25, 0.3) is 11.4 Å². The highest BCUT2D eigenvalue weighted by Gasteiger charge is 2.16. The summed E-state index contributed by atoms with van der Waals surface area (Å²) in [5.74, 6) is 1.66. The molecule has 0 radical (unpaired) electrons. The van der Waals surface area contributed by atoms with Crippen LogP contribution in [0, 0.1) is 13.8 Å². The van der Waals surface area contributed by atoms with Crippen molar-refractivity contribution >= 4 is 23.4 Å². The average Bonchev–Trinajstić information content (AvgIpc) is 3.04. The number of para-hydroxylation sites is 1. The van der Waals surface area contributed by atoms with Crippen molar-refractivity contribution < 1.29 is 9.53 Å². The zero-order valence-electron chi connectivity index (χ0n) is 16.5. The van der Waals surface area contributed by atoms with Crippen molar-refractivity contribution in [3.63, 3.8) is 0 Å². The van der Waals surface area contributed by atoms with Crippen LogP contribution in [0.3, 0.4) is 0 Å². The lowest BCUT2D eigenvalue weighted by Crippen LogP contribution is -2.14. The molecule has 7 heteroatoms. The lowest BCUT2D eigenvalue weighted by Gasteiger charge is -2.10. The first kappa shape index (κ1) is 19.9. The minimum absolute atomic E-state index is 0.0764. The summed E-state index contributed by atoms with van der Waals surface area (Å²) < 4.78 is 7.57. The second-order valence-corrected chi connectivity index (χ2v) is 7.37. The molecule has 0 aliphatic rings. The van der Waals surface area contributed by atoms with E-state index in [1.165, 1.54) is 17.3 Å². The van der Waals surface area contributed by atoms with Crippen LogP contribution in [0.2, 0.25) is 0 Å².